The maximum atomic E-state index is 13.5. The Morgan fingerprint density at radius 3 is 2.37 bits per heavy atom. The average molecular weight is 409 g/mol. The maximum Gasteiger partial charge on any atom is 0.308 e. The van der Waals surface area contributed by atoms with Gasteiger partial charge in [0.25, 0.3) is 5.56 Å². The molecule has 30 heavy (non-hydrogen) atoms. The van der Waals surface area contributed by atoms with Gasteiger partial charge in [0.1, 0.15) is 5.82 Å². The van der Waals surface area contributed by atoms with E-state index in [0.717, 1.165) is 0 Å². The van der Waals surface area contributed by atoms with Gasteiger partial charge in [-0.2, -0.15) is 0 Å². The highest BCUT2D eigenvalue weighted by Crippen LogP contribution is 2.32. The summed E-state index contributed by atoms with van der Waals surface area (Å²) in [5.74, 6) is -0.897. The summed E-state index contributed by atoms with van der Waals surface area (Å²) < 4.78 is 19.8. The van der Waals surface area contributed by atoms with E-state index in [1.807, 2.05) is 26.0 Å². The van der Waals surface area contributed by atoms with Crippen LogP contribution in [0.2, 0.25) is 0 Å². The number of pyridine rings is 1. The zero-order chi connectivity index (χ0) is 21.8. The van der Waals surface area contributed by atoms with Crippen LogP contribution in [0.5, 0.6) is 0 Å². The van der Waals surface area contributed by atoms with Gasteiger partial charge in [-0.25, -0.2) is 4.39 Å². The molecule has 1 N–H and O–H groups in total. The third-order valence-corrected chi connectivity index (χ3v) is 4.89. The second-order valence-corrected chi connectivity index (χ2v) is 7.29. The van der Waals surface area contributed by atoms with E-state index >= 15 is 0 Å². The minimum Gasteiger partial charge on any atom is -0.469 e. The molecule has 3 rings (SSSR count). The van der Waals surface area contributed by atoms with E-state index in [1.54, 1.807) is 34.9 Å². The van der Waals surface area contributed by atoms with Crippen LogP contribution < -0.4 is 5.56 Å². The molecule has 1 heterocycles. The number of carbonyl (C=O) groups is 1. The fourth-order valence-corrected chi connectivity index (χ4v) is 3.49. The SMILES string of the molecule is COC(=O)CC(O)C=Cc1c(-c2ccc(F)cc2)n(C(C)C)c(=O)c2ccccc12. The van der Waals surface area contributed by atoms with Crippen molar-refractivity contribution >= 4 is 22.8 Å². The van der Waals surface area contributed by atoms with Crippen molar-refractivity contribution in [2.75, 3.05) is 7.11 Å². The molecule has 6 heteroatoms. The maximum absolute atomic E-state index is 13.5. The number of aromatic nitrogens is 1. The quantitative estimate of drug-likeness (QED) is 0.616. The first kappa shape index (κ1) is 21.5. The number of hydrogen-bond donors (Lipinski definition) is 1. The number of nitrogens with zero attached hydrogens (tertiary/aromatic N) is 1. The summed E-state index contributed by atoms with van der Waals surface area (Å²) >= 11 is 0. The van der Waals surface area contributed by atoms with Gasteiger partial charge in [-0.05, 0) is 55.1 Å². The molecular weight excluding hydrogens is 385 g/mol. The van der Waals surface area contributed by atoms with Gasteiger partial charge in [-0.1, -0.05) is 30.4 Å². The molecule has 1 unspecified atom stereocenters. The number of rotatable bonds is 6. The molecule has 1 atom stereocenters. The lowest BCUT2D eigenvalue weighted by Gasteiger charge is -2.21. The van der Waals surface area contributed by atoms with Gasteiger partial charge in [0, 0.05) is 17.0 Å². The molecule has 0 spiro atoms. The smallest absolute Gasteiger partial charge is 0.308 e. The van der Waals surface area contributed by atoms with Crippen LogP contribution >= 0.6 is 0 Å². The van der Waals surface area contributed by atoms with Crippen LogP contribution in [0.3, 0.4) is 0 Å². The molecule has 0 radical (unpaired) electrons. The van der Waals surface area contributed by atoms with Crippen molar-refractivity contribution in [1.82, 2.24) is 4.57 Å². The minimum atomic E-state index is -1.04. The highest BCUT2D eigenvalue weighted by Gasteiger charge is 2.19. The predicted octanol–water partition coefficient (Wildman–Crippen LogP) is 4.33. The van der Waals surface area contributed by atoms with Crippen molar-refractivity contribution in [1.29, 1.82) is 0 Å². The van der Waals surface area contributed by atoms with Crippen molar-refractivity contribution in [3.8, 4) is 11.3 Å². The third kappa shape index (κ3) is 4.33. The monoisotopic (exact) mass is 409 g/mol. The summed E-state index contributed by atoms with van der Waals surface area (Å²) in [5, 5.41) is 11.5. The van der Waals surface area contributed by atoms with Crippen molar-refractivity contribution in [2.24, 2.45) is 0 Å². The molecular formula is C24H24FNO4. The number of aliphatic hydroxyl groups excluding tert-OH is 1. The normalized spacial score (nSPS) is 12.6. The van der Waals surface area contributed by atoms with Gasteiger partial charge in [0.15, 0.2) is 0 Å². The molecule has 0 fully saturated rings. The summed E-state index contributed by atoms with van der Waals surface area (Å²) in [4.78, 5) is 24.7. The fraction of sp³-hybridized carbons (Fsp3) is 0.250. The van der Waals surface area contributed by atoms with Gasteiger partial charge in [-0.3, -0.25) is 9.59 Å². The second-order valence-electron chi connectivity index (χ2n) is 7.29. The highest BCUT2D eigenvalue weighted by atomic mass is 19.1. The van der Waals surface area contributed by atoms with E-state index in [-0.39, 0.29) is 23.8 Å². The molecule has 0 aliphatic rings. The van der Waals surface area contributed by atoms with E-state index in [1.165, 1.54) is 25.3 Å². The van der Waals surface area contributed by atoms with Gasteiger partial charge in [-0.15, -0.1) is 0 Å². The molecule has 1 aromatic heterocycles. The van der Waals surface area contributed by atoms with Crippen LogP contribution in [0.4, 0.5) is 4.39 Å². The third-order valence-electron chi connectivity index (χ3n) is 4.89. The molecule has 0 aliphatic carbocycles. The Labute approximate surface area is 174 Å². The van der Waals surface area contributed by atoms with Crippen molar-refractivity contribution < 1.29 is 19.0 Å². The number of halogens is 1. The van der Waals surface area contributed by atoms with E-state index < -0.39 is 12.1 Å². The Morgan fingerprint density at radius 1 is 1.13 bits per heavy atom. The van der Waals surface area contributed by atoms with Crippen molar-refractivity contribution in [3.05, 3.63) is 76.3 Å². The standard InChI is InChI=1S/C24H24FNO4/c1-15(2)26-23(16-8-10-17(25)11-9-16)20(13-12-18(27)14-22(28)30-3)19-6-4-5-7-21(19)24(26)29/h4-13,15,18,27H,14H2,1-3H3. The summed E-state index contributed by atoms with van der Waals surface area (Å²) in [6.07, 6.45) is 1.98. The molecule has 3 aromatic rings. The van der Waals surface area contributed by atoms with Gasteiger partial charge < -0.3 is 14.4 Å². The number of benzene rings is 2. The van der Waals surface area contributed by atoms with Crippen LogP contribution in [0.1, 0.15) is 31.9 Å². The molecule has 0 saturated carbocycles. The number of ether oxygens (including phenoxy) is 1. The Hall–Kier alpha value is -3.25. The number of hydrogen-bond acceptors (Lipinski definition) is 4. The molecule has 5 nitrogen and oxygen atoms in total. The first-order valence-electron chi connectivity index (χ1n) is 9.69. The summed E-state index contributed by atoms with van der Waals surface area (Å²) in [5.41, 5.74) is 1.85. The summed E-state index contributed by atoms with van der Waals surface area (Å²) in [7, 11) is 1.26. The minimum absolute atomic E-state index is 0.146. The number of aliphatic hydroxyl groups is 1. The van der Waals surface area contributed by atoms with E-state index in [2.05, 4.69) is 4.74 Å². The van der Waals surface area contributed by atoms with E-state index in [0.29, 0.717) is 27.6 Å². The molecule has 0 aliphatic heterocycles. The van der Waals surface area contributed by atoms with Crippen LogP contribution in [-0.2, 0) is 9.53 Å². The topological polar surface area (TPSA) is 68.5 Å². The van der Waals surface area contributed by atoms with Crippen LogP contribution in [-0.4, -0.2) is 28.9 Å². The zero-order valence-corrected chi connectivity index (χ0v) is 17.1. The molecule has 156 valence electrons. The Kier molecular flexibility index (Phi) is 6.47. The van der Waals surface area contributed by atoms with E-state index in [4.69, 9.17) is 0 Å². The van der Waals surface area contributed by atoms with Crippen molar-refractivity contribution in [3.63, 3.8) is 0 Å². The van der Waals surface area contributed by atoms with Crippen LogP contribution in [0, 0.1) is 5.82 Å². The molecule has 0 amide bonds. The largest absolute Gasteiger partial charge is 0.469 e. The van der Waals surface area contributed by atoms with Gasteiger partial charge in [0.05, 0.1) is 25.3 Å². The molecule has 0 bridgehead atoms. The number of esters is 1. The van der Waals surface area contributed by atoms with Gasteiger partial charge >= 0.3 is 5.97 Å². The number of carbonyl (C=O) groups excluding carboxylic acids is 1. The molecule has 0 saturated heterocycles. The van der Waals surface area contributed by atoms with E-state index in [9.17, 15) is 19.1 Å². The lowest BCUT2D eigenvalue weighted by molar-refractivity contribution is -0.142. The Bertz CT molecular complexity index is 1150. The van der Waals surface area contributed by atoms with Gasteiger partial charge in [0.2, 0.25) is 0 Å². The Balaban J connectivity index is 2.31. The van der Waals surface area contributed by atoms with Crippen LogP contribution in [0.25, 0.3) is 28.1 Å². The van der Waals surface area contributed by atoms with Crippen LogP contribution in [0.15, 0.2) is 59.4 Å². The fourth-order valence-electron chi connectivity index (χ4n) is 3.49. The predicted molar refractivity (Wildman–Crippen MR) is 116 cm³/mol. The number of fused-ring (bicyclic) bond motifs is 1. The average Bonchev–Trinajstić information content (AvgIpc) is 2.73. The lowest BCUT2D eigenvalue weighted by Crippen LogP contribution is -2.25. The zero-order valence-electron chi connectivity index (χ0n) is 17.1. The first-order chi connectivity index (χ1) is 14.3. The molecule has 2 aromatic carbocycles. The van der Waals surface area contributed by atoms with Crippen molar-refractivity contribution in [2.45, 2.75) is 32.4 Å². The first-order valence-corrected chi connectivity index (χ1v) is 9.69. The lowest BCUT2D eigenvalue weighted by atomic mass is 9.97. The summed E-state index contributed by atoms with van der Waals surface area (Å²) in [6.45, 7) is 3.81. The summed E-state index contributed by atoms with van der Waals surface area (Å²) in [6, 6.07) is 13.0. The number of methoxy groups -OCH3 is 1. The Morgan fingerprint density at radius 2 is 1.77 bits per heavy atom. The highest BCUT2D eigenvalue weighted by molar-refractivity contribution is 5.95. The second kappa shape index (κ2) is 9.05.